The molecule has 1 aromatic rings. The Morgan fingerprint density at radius 1 is 1.42 bits per heavy atom. The first-order chi connectivity index (χ1) is 8.86. The molecule has 0 heterocycles. The zero-order valence-corrected chi connectivity index (χ0v) is 10.2. The fourth-order valence-electron chi connectivity index (χ4n) is 1.54. The molecule has 0 aliphatic rings. The van der Waals surface area contributed by atoms with Crippen molar-refractivity contribution in [2.75, 3.05) is 13.7 Å². The lowest BCUT2D eigenvalue weighted by molar-refractivity contribution is -0.139. The molecule has 0 bridgehead atoms. The number of benzene rings is 1. The Morgan fingerprint density at radius 3 is 2.47 bits per heavy atom. The summed E-state index contributed by atoms with van der Waals surface area (Å²) in [7, 11) is 1.05. The molecule has 0 unspecified atom stereocenters. The van der Waals surface area contributed by atoms with E-state index < -0.39 is 34.6 Å². The third kappa shape index (κ3) is 2.96. The van der Waals surface area contributed by atoms with E-state index in [-0.39, 0.29) is 6.61 Å². The summed E-state index contributed by atoms with van der Waals surface area (Å²) in [5.41, 5.74) is -2.53. The quantitative estimate of drug-likeness (QED) is 0.794. The molecule has 0 aliphatic heterocycles. The molecule has 7 heteroatoms. The Morgan fingerprint density at radius 2 is 2.05 bits per heavy atom. The third-order valence-corrected chi connectivity index (χ3v) is 2.27. The van der Waals surface area contributed by atoms with Crippen molar-refractivity contribution in [3.63, 3.8) is 0 Å². The molecule has 0 fully saturated rings. The monoisotopic (exact) mass is 273 g/mol. The fourth-order valence-corrected chi connectivity index (χ4v) is 1.54. The van der Waals surface area contributed by atoms with Crippen LogP contribution in [0.4, 0.5) is 13.2 Å². The molecule has 0 aliphatic carbocycles. The maximum atomic E-state index is 13.0. The van der Waals surface area contributed by atoms with Gasteiger partial charge in [-0.1, -0.05) is 0 Å². The number of methoxy groups -OCH3 is 1. The van der Waals surface area contributed by atoms with Crippen LogP contribution in [-0.2, 0) is 10.9 Å². The molecule has 0 saturated heterocycles. The first-order valence-electron chi connectivity index (χ1n) is 5.22. The summed E-state index contributed by atoms with van der Waals surface area (Å²) in [5, 5.41) is 8.82. The summed E-state index contributed by atoms with van der Waals surface area (Å²) >= 11 is 0. The van der Waals surface area contributed by atoms with E-state index in [0.717, 1.165) is 19.2 Å². The van der Waals surface area contributed by atoms with Crippen LogP contribution < -0.4 is 4.74 Å². The highest BCUT2D eigenvalue weighted by atomic mass is 19.4. The van der Waals surface area contributed by atoms with E-state index in [9.17, 15) is 18.0 Å². The topological polar surface area (TPSA) is 59.3 Å². The van der Waals surface area contributed by atoms with E-state index in [1.54, 1.807) is 6.07 Å². The predicted octanol–water partition coefficient (Wildman–Crippen LogP) is 2.76. The number of alkyl halides is 3. The zero-order valence-electron chi connectivity index (χ0n) is 10.2. The molecule has 0 radical (unpaired) electrons. The van der Waals surface area contributed by atoms with Crippen LogP contribution in [0.5, 0.6) is 5.75 Å². The minimum absolute atomic E-state index is 0.0990. The first kappa shape index (κ1) is 14.8. The summed E-state index contributed by atoms with van der Waals surface area (Å²) in [6.07, 6.45) is -4.83. The molecule has 0 spiro atoms. The van der Waals surface area contributed by atoms with Crippen molar-refractivity contribution in [3.05, 3.63) is 28.8 Å². The smallest absolute Gasteiger partial charge is 0.420 e. The van der Waals surface area contributed by atoms with Crippen LogP contribution in [0.2, 0.25) is 0 Å². The standard InChI is InChI=1S/C12H10F3NO3/c1-3-19-11(17)9-7(6-16)4-5-8(18-2)10(9)12(13,14)15/h4-5H,3H2,1-2H3. The molecule has 0 aromatic heterocycles. The second kappa shape index (κ2) is 5.61. The van der Waals surface area contributed by atoms with Gasteiger partial charge in [0.05, 0.1) is 24.8 Å². The molecule has 0 atom stereocenters. The van der Waals surface area contributed by atoms with E-state index in [1.807, 2.05) is 0 Å². The maximum Gasteiger partial charge on any atom is 0.420 e. The molecule has 0 saturated carbocycles. The Labute approximate surface area is 107 Å². The van der Waals surface area contributed by atoms with Gasteiger partial charge in [0.1, 0.15) is 17.4 Å². The number of halogens is 3. The molecule has 102 valence electrons. The van der Waals surface area contributed by atoms with Gasteiger partial charge in [-0.15, -0.1) is 0 Å². The second-order valence-corrected chi connectivity index (χ2v) is 3.40. The van der Waals surface area contributed by atoms with Crippen molar-refractivity contribution in [3.8, 4) is 11.8 Å². The number of rotatable bonds is 3. The minimum Gasteiger partial charge on any atom is -0.496 e. The largest absolute Gasteiger partial charge is 0.496 e. The van der Waals surface area contributed by atoms with Crippen LogP contribution in [-0.4, -0.2) is 19.7 Å². The fraction of sp³-hybridized carbons (Fsp3) is 0.333. The number of esters is 1. The molecule has 1 rings (SSSR count). The van der Waals surface area contributed by atoms with Crippen molar-refractivity contribution in [1.82, 2.24) is 0 Å². The van der Waals surface area contributed by atoms with Crippen LogP contribution in [0.3, 0.4) is 0 Å². The molecular weight excluding hydrogens is 263 g/mol. The lowest BCUT2D eigenvalue weighted by atomic mass is 10.00. The van der Waals surface area contributed by atoms with Crippen molar-refractivity contribution >= 4 is 5.97 Å². The van der Waals surface area contributed by atoms with E-state index in [4.69, 9.17) is 5.26 Å². The normalized spacial score (nSPS) is 10.7. The zero-order chi connectivity index (χ0) is 14.6. The van der Waals surface area contributed by atoms with Crippen LogP contribution in [0.1, 0.15) is 28.4 Å². The molecular formula is C12H10F3NO3. The van der Waals surface area contributed by atoms with Crippen molar-refractivity contribution in [2.24, 2.45) is 0 Å². The number of carbonyl (C=O) groups excluding carboxylic acids is 1. The summed E-state index contributed by atoms with van der Waals surface area (Å²) in [4.78, 5) is 11.6. The number of ether oxygens (including phenoxy) is 2. The van der Waals surface area contributed by atoms with Crippen LogP contribution >= 0.6 is 0 Å². The Hall–Kier alpha value is -2.23. The van der Waals surface area contributed by atoms with Gasteiger partial charge in [-0.05, 0) is 19.1 Å². The summed E-state index contributed by atoms with van der Waals surface area (Å²) in [6.45, 7) is 1.36. The van der Waals surface area contributed by atoms with Gasteiger partial charge in [0.25, 0.3) is 0 Å². The van der Waals surface area contributed by atoms with Gasteiger partial charge >= 0.3 is 12.1 Å². The van der Waals surface area contributed by atoms with Gasteiger partial charge in [-0.3, -0.25) is 0 Å². The summed E-state index contributed by atoms with van der Waals surface area (Å²) < 4.78 is 48.2. The average Bonchev–Trinajstić information content (AvgIpc) is 2.36. The first-order valence-corrected chi connectivity index (χ1v) is 5.22. The van der Waals surface area contributed by atoms with Gasteiger partial charge in [0.15, 0.2) is 0 Å². The van der Waals surface area contributed by atoms with Crippen LogP contribution in [0.15, 0.2) is 12.1 Å². The summed E-state index contributed by atoms with van der Waals surface area (Å²) in [6, 6.07) is 3.62. The van der Waals surface area contributed by atoms with Gasteiger partial charge in [-0.25, -0.2) is 4.79 Å². The van der Waals surface area contributed by atoms with Crippen molar-refractivity contribution < 1.29 is 27.4 Å². The number of nitrogens with zero attached hydrogens (tertiary/aromatic N) is 1. The van der Waals surface area contributed by atoms with E-state index >= 15 is 0 Å². The minimum atomic E-state index is -4.83. The molecule has 1 aromatic carbocycles. The Kier molecular flexibility index (Phi) is 4.38. The number of nitriles is 1. The van der Waals surface area contributed by atoms with Gasteiger partial charge in [0, 0.05) is 0 Å². The SMILES string of the molecule is CCOC(=O)c1c(C#N)ccc(OC)c1C(F)(F)F. The number of carbonyl (C=O) groups is 1. The molecule has 0 amide bonds. The lowest BCUT2D eigenvalue weighted by Gasteiger charge is -2.16. The molecule has 0 N–H and O–H groups in total. The Balaban J connectivity index is 3.63. The predicted molar refractivity (Wildman–Crippen MR) is 58.7 cm³/mol. The van der Waals surface area contributed by atoms with Crippen molar-refractivity contribution in [1.29, 1.82) is 5.26 Å². The maximum absolute atomic E-state index is 13.0. The van der Waals surface area contributed by atoms with Gasteiger partial charge in [-0.2, -0.15) is 18.4 Å². The van der Waals surface area contributed by atoms with Gasteiger partial charge < -0.3 is 9.47 Å². The second-order valence-electron chi connectivity index (χ2n) is 3.40. The van der Waals surface area contributed by atoms with E-state index in [1.165, 1.54) is 6.92 Å². The van der Waals surface area contributed by atoms with Crippen molar-refractivity contribution in [2.45, 2.75) is 13.1 Å². The highest BCUT2D eigenvalue weighted by Gasteiger charge is 2.40. The number of hydrogen-bond donors (Lipinski definition) is 0. The van der Waals surface area contributed by atoms with E-state index in [0.29, 0.717) is 0 Å². The van der Waals surface area contributed by atoms with Crippen LogP contribution in [0.25, 0.3) is 0 Å². The molecule has 19 heavy (non-hydrogen) atoms. The Bertz CT molecular complexity index is 532. The average molecular weight is 273 g/mol. The van der Waals surface area contributed by atoms with Gasteiger partial charge in [0.2, 0.25) is 0 Å². The van der Waals surface area contributed by atoms with E-state index in [2.05, 4.69) is 9.47 Å². The summed E-state index contributed by atoms with van der Waals surface area (Å²) in [5.74, 6) is -1.74. The highest BCUT2D eigenvalue weighted by Crippen LogP contribution is 2.40. The lowest BCUT2D eigenvalue weighted by Crippen LogP contribution is -2.18. The van der Waals surface area contributed by atoms with Crippen LogP contribution in [0, 0.1) is 11.3 Å². The third-order valence-electron chi connectivity index (χ3n) is 2.27. The molecule has 4 nitrogen and oxygen atoms in total. The number of hydrogen-bond acceptors (Lipinski definition) is 4. The highest BCUT2D eigenvalue weighted by molar-refractivity contribution is 5.95.